The van der Waals surface area contributed by atoms with E-state index in [1.165, 1.54) is 6.21 Å². The summed E-state index contributed by atoms with van der Waals surface area (Å²) < 4.78 is 6.36. The van der Waals surface area contributed by atoms with Crippen LogP contribution in [0, 0.1) is 0 Å². The molecule has 2 rings (SSSR count). The van der Waals surface area contributed by atoms with E-state index in [0.29, 0.717) is 23.5 Å². The summed E-state index contributed by atoms with van der Waals surface area (Å²) in [6.07, 6.45) is 1.82. The molecule has 124 valence electrons. The van der Waals surface area contributed by atoms with Crippen molar-refractivity contribution in [2.24, 2.45) is 5.10 Å². The lowest BCUT2D eigenvalue weighted by Crippen LogP contribution is -2.25. The number of carbonyl (C=O) groups is 1. The Morgan fingerprint density at radius 2 is 2.00 bits per heavy atom. The van der Waals surface area contributed by atoms with Crippen LogP contribution in [0.1, 0.15) is 17.2 Å². The monoisotopic (exact) mass is 388 g/mol. The van der Waals surface area contributed by atoms with E-state index in [-0.39, 0.29) is 0 Å². The minimum atomic E-state index is -1.29. The summed E-state index contributed by atoms with van der Waals surface area (Å²) in [6, 6.07) is 14.1. The Labute approximate surface area is 148 Å². The topological polar surface area (TPSA) is 70.9 Å². The molecule has 5 nitrogen and oxygen atoms in total. The molecule has 6 heteroatoms. The zero-order valence-corrected chi connectivity index (χ0v) is 14.4. The molecule has 0 heterocycles. The van der Waals surface area contributed by atoms with Crippen molar-refractivity contribution in [2.45, 2.75) is 6.10 Å². The van der Waals surface area contributed by atoms with Gasteiger partial charge in [0.1, 0.15) is 12.4 Å². The number of nitrogens with zero attached hydrogens (tertiary/aromatic N) is 1. The number of ether oxygens (including phenoxy) is 1. The van der Waals surface area contributed by atoms with E-state index in [1.54, 1.807) is 42.5 Å². The van der Waals surface area contributed by atoms with E-state index < -0.39 is 12.0 Å². The number of hydrogen-bond donors (Lipinski definition) is 2. The fourth-order valence-corrected chi connectivity index (χ4v) is 2.15. The number of para-hydroxylation sites is 1. The third-order valence-corrected chi connectivity index (χ3v) is 3.62. The second-order valence-electron chi connectivity index (χ2n) is 4.83. The number of benzene rings is 2. The number of aliphatic hydroxyl groups excluding tert-OH is 1. The SMILES string of the molecule is C=CCOc1ccccc1C=NNC(=O)C(O)c1ccc(Br)cc1. The summed E-state index contributed by atoms with van der Waals surface area (Å²) in [6.45, 7) is 3.97. The molecular formula is C18H17BrN2O3. The molecule has 0 aromatic heterocycles. The average Bonchev–Trinajstić information content (AvgIpc) is 2.60. The molecule has 0 saturated heterocycles. The van der Waals surface area contributed by atoms with Crippen LogP contribution in [0.15, 0.2) is 70.8 Å². The maximum absolute atomic E-state index is 11.9. The molecule has 0 aliphatic carbocycles. The van der Waals surface area contributed by atoms with E-state index in [2.05, 4.69) is 33.0 Å². The molecule has 0 aliphatic rings. The predicted molar refractivity (Wildman–Crippen MR) is 97.0 cm³/mol. The predicted octanol–water partition coefficient (Wildman–Crippen LogP) is 3.20. The van der Waals surface area contributed by atoms with Gasteiger partial charge in [-0.25, -0.2) is 5.43 Å². The quantitative estimate of drug-likeness (QED) is 0.434. The Balaban J connectivity index is 1.99. The van der Waals surface area contributed by atoms with Gasteiger partial charge in [-0.05, 0) is 29.8 Å². The highest BCUT2D eigenvalue weighted by molar-refractivity contribution is 9.10. The van der Waals surface area contributed by atoms with Gasteiger partial charge in [0, 0.05) is 10.0 Å². The number of halogens is 1. The first-order valence-corrected chi connectivity index (χ1v) is 8.00. The van der Waals surface area contributed by atoms with Gasteiger partial charge in [0.25, 0.3) is 5.91 Å². The Hall–Kier alpha value is -2.44. The lowest BCUT2D eigenvalue weighted by atomic mass is 10.1. The highest BCUT2D eigenvalue weighted by Crippen LogP contribution is 2.17. The van der Waals surface area contributed by atoms with Crippen LogP contribution in [-0.2, 0) is 4.79 Å². The molecule has 2 aromatic carbocycles. The van der Waals surface area contributed by atoms with Crippen LogP contribution in [0.5, 0.6) is 5.75 Å². The molecule has 1 unspecified atom stereocenters. The Morgan fingerprint density at radius 1 is 1.29 bits per heavy atom. The lowest BCUT2D eigenvalue weighted by molar-refractivity contribution is -0.129. The van der Waals surface area contributed by atoms with Crippen LogP contribution in [0.2, 0.25) is 0 Å². The van der Waals surface area contributed by atoms with Gasteiger partial charge in [-0.15, -0.1) is 0 Å². The van der Waals surface area contributed by atoms with Crippen LogP contribution in [0.3, 0.4) is 0 Å². The standard InChI is InChI=1S/C18H17BrN2O3/c1-2-11-24-16-6-4-3-5-14(16)12-20-21-18(23)17(22)13-7-9-15(19)10-8-13/h2-10,12,17,22H,1,11H2,(H,21,23). The molecule has 0 aliphatic heterocycles. The largest absolute Gasteiger partial charge is 0.489 e. The van der Waals surface area contributed by atoms with Gasteiger partial charge in [-0.3, -0.25) is 4.79 Å². The molecule has 1 atom stereocenters. The first-order valence-electron chi connectivity index (χ1n) is 7.21. The molecule has 0 saturated carbocycles. The number of aliphatic hydroxyl groups is 1. The van der Waals surface area contributed by atoms with Gasteiger partial charge < -0.3 is 9.84 Å². The molecule has 0 spiro atoms. The summed E-state index contributed by atoms with van der Waals surface area (Å²) in [4.78, 5) is 11.9. The first-order chi connectivity index (χ1) is 11.6. The molecule has 24 heavy (non-hydrogen) atoms. The highest BCUT2D eigenvalue weighted by Gasteiger charge is 2.16. The van der Waals surface area contributed by atoms with Crippen LogP contribution < -0.4 is 10.2 Å². The number of rotatable bonds is 7. The van der Waals surface area contributed by atoms with Gasteiger partial charge >= 0.3 is 0 Å². The number of nitrogens with one attached hydrogen (secondary N) is 1. The van der Waals surface area contributed by atoms with Crippen LogP contribution in [0.25, 0.3) is 0 Å². The summed E-state index contributed by atoms with van der Waals surface area (Å²) in [5.74, 6) is 0.0157. The minimum absolute atomic E-state index is 0.374. The summed E-state index contributed by atoms with van der Waals surface area (Å²) in [7, 11) is 0. The molecular weight excluding hydrogens is 372 g/mol. The molecule has 1 amide bonds. The molecule has 0 fully saturated rings. The zero-order chi connectivity index (χ0) is 17.4. The third-order valence-electron chi connectivity index (χ3n) is 3.09. The third kappa shape index (κ3) is 5.04. The maximum atomic E-state index is 11.9. The Kier molecular flexibility index (Phi) is 6.72. The van der Waals surface area contributed by atoms with Crippen molar-refractivity contribution < 1.29 is 14.6 Å². The van der Waals surface area contributed by atoms with E-state index >= 15 is 0 Å². The van der Waals surface area contributed by atoms with Crippen LogP contribution in [0.4, 0.5) is 0 Å². The summed E-state index contributed by atoms with van der Waals surface area (Å²) >= 11 is 3.30. The van der Waals surface area contributed by atoms with E-state index in [0.717, 1.165) is 4.47 Å². The fraction of sp³-hybridized carbons (Fsp3) is 0.111. The van der Waals surface area contributed by atoms with Crippen molar-refractivity contribution in [1.29, 1.82) is 0 Å². The number of hydrogen-bond acceptors (Lipinski definition) is 4. The van der Waals surface area contributed by atoms with Gasteiger partial charge in [-0.1, -0.05) is 52.9 Å². The molecule has 0 radical (unpaired) electrons. The summed E-state index contributed by atoms with van der Waals surface area (Å²) in [5.41, 5.74) is 3.51. The second kappa shape index (κ2) is 9.00. The van der Waals surface area contributed by atoms with Crippen molar-refractivity contribution in [1.82, 2.24) is 5.43 Å². The van der Waals surface area contributed by atoms with E-state index in [1.807, 2.05) is 12.1 Å². The Bertz CT molecular complexity index is 729. The van der Waals surface area contributed by atoms with Crippen molar-refractivity contribution >= 4 is 28.1 Å². The van der Waals surface area contributed by atoms with Crippen LogP contribution in [-0.4, -0.2) is 23.8 Å². The number of carbonyl (C=O) groups excluding carboxylic acids is 1. The minimum Gasteiger partial charge on any atom is -0.489 e. The van der Waals surface area contributed by atoms with Crippen LogP contribution >= 0.6 is 15.9 Å². The maximum Gasteiger partial charge on any atom is 0.273 e. The number of hydrazone groups is 1. The smallest absolute Gasteiger partial charge is 0.273 e. The van der Waals surface area contributed by atoms with Crippen molar-refractivity contribution in [2.75, 3.05) is 6.61 Å². The lowest BCUT2D eigenvalue weighted by Gasteiger charge is -2.09. The first kappa shape index (κ1) is 17.9. The van der Waals surface area contributed by atoms with Crippen molar-refractivity contribution in [3.63, 3.8) is 0 Å². The van der Waals surface area contributed by atoms with Crippen molar-refractivity contribution in [3.8, 4) is 5.75 Å². The normalized spacial score (nSPS) is 11.9. The van der Waals surface area contributed by atoms with Gasteiger partial charge in [0.15, 0.2) is 6.10 Å². The van der Waals surface area contributed by atoms with E-state index in [4.69, 9.17) is 4.74 Å². The highest BCUT2D eigenvalue weighted by atomic mass is 79.9. The second-order valence-corrected chi connectivity index (χ2v) is 5.74. The van der Waals surface area contributed by atoms with E-state index in [9.17, 15) is 9.90 Å². The molecule has 0 bridgehead atoms. The zero-order valence-electron chi connectivity index (χ0n) is 12.9. The fourth-order valence-electron chi connectivity index (χ4n) is 1.89. The van der Waals surface area contributed by atoms with Gasteiger partial charge in [0.05, 0.1) is 6.21 Å². The average molecular weight is 389 g/mol. The Morgan fingerprint density at radius 3 is 2.71 bits per heavy atom. The van der Waals surface area contributed by atoms with Gasteiger partial charge in [-0.2, -0.15) is 5.10 Å². The van der Waals surface area contributed by atoms with Crippen molar-refractivity contribution in [3.05, 3.63) is 76.8 Å². The summed E-state index contributed by atoms with van der Waals surface area (Å²) in [5, 5.41) is 13.9. The molecule has 2 aromatic rings. The van der Waals surface area contributed by atoms with Gasteiger partial charge in [0.2, 0.25) is 0 Å². The number of amides is 1. The molecule has 2 N–H and O–H groups in total.